The quantitative estimate of drug-likeness (QED) is 0.548. The Morgan fingerprint density at radius 1 is 1.16 bits per heavy atom. The van der Waals surface area contributed by atoms with Crippen molar-refractivity contribution in [2.75, 3.05) is 13.2 Å². The van der Waals surface area contributed by atoms with E-state index in [0.29, 0.717) is 6.42 Å². The minimum absolute atomic E-state index is 0.0444. The molecule has 19 heavy (non-hydrogen) atoms. The van der Waals surface area contributed by atoms with Crippen LogP contribution in [0.15, 0.2) is 11.1 Å². The zero-order chi connectivity index (χ0) is 14.0. The third-order valence-corrected chi connectivity index (χ3v) is 6.17. The van der Waals surface area contributed by atoms with E-state index >= 15 is 0 Å². The van der Waals surface area contributed by atoms with Gasteiger partial charge in [0.25, 0.3) is 0 Å². The smallest absolute Gasteiger partial charge is 0.0806 e. The minimum atomic E-state index is -0.612. The van der Waals surface area contributed by atoms with E-state index in [0.717, 1.165) is 24.0 Å². The Morgan fingerprint density at radius 3 is 2.37 bits per heavy atom. The average molecular weight is 268 g/mol. The maximum atomic E-state index is 10.5. The molecule has 2 fully saturated rings. The summed E-state index contributed by atoms with van der Waals surface area (Å²) < 4.78 is 0. The van der Waals surface area contributed by atoms with Crippen molar-refractivity contribution in [2.24, 2.45) is 22.7 Å². The Bertz CT molecular complexity index is 432. The molecule has 0 unspecified atom stereocenters. The molecule has 6 atom stereocenters. The lowest BCUT2D eigenvalue weighted by atomic mass is 9.49. The molecule has 0 aromatic heterocycles. The lowest BCUT2D eigenvalue weighted by molar-refractivity contribution is -0.0815. The van der Waals surface area contributed by atoms with Gasteiger partial charge in [-0.05, 0) is 42.1 Å². The third-order valence-electron chi connectivity index (χ3n) is 6.17. The second kappa shape index (κ2) is 4.04. The zero-order valence-electron chi connectivity index (χ0n) is 11.6. The van der Waals surface area contributed by atoms with Crippen molar-refractivity contribution in [1.29, 1.82) is 0 Å². The van der Waals surface area contributed by atoms with Gasteiger partial charge in [-0.2, -0.15) is 0 Å². The van der Waals surface area contributed by atoms with Gasteiger partial charge in [-0.15, -0.1) is 0 Å². The molecule has 0 spiro atoms. The molecule has 0 amide bonds. The fourth-order valence-corrected chi connectivity index (χ4v) is 4.86. The third kappa shape index (κ3) is 1.54. The summed E-state index contributed by atoms with van der Waals surface area (Å²) in [6.07, 6.45) is 1.17. The predicted octanol–water partition coefficient (Wildman–Crippen LogP) is 0.445. The van der Waals surface area contributed by atoms with Crippen LogP contribution < -0.4 is 0 Å². The Labute approximate surface area is 113 Å². The highest BCUT2D eigenvalue weighted by atomic mass is 16.3. The first-order chi connectivity index (χ1) is 8.87. The summed E-state index contributed by atoms with van der Waals surface area (Å²) in [4.78, 5) is 0. The van der Waals surface area contributed by atoms with Crippen LogP contribution in [0.4, 0.5) is 0 Å². The van der Waals surface area contributed by atoms with Crippen molar-refractivity contribution < 1.29 is 20.4 Å². The van der Waals surface area contributed by atoms with Gasteiger partial charge in [0, 0.05) is 12.0 Å². The topological polar surface area (TPSA) is 80.9 Å². The van der Waals surface area contributed by atoms with E-state index in [-0.39, 0.29) is 42.0 Å². The molecular formula is C15H24O4. The second-order valence-corrected chi connectivity index (χ2v) is 7.26. The number of aliphatic hydroxyl groups is 4. The first-order valence-corrected chi connectivity index (χ1v) is 7.17. The number of fused-ring (bicyclic) bond motifs is 3. The molecule has 0 heterocycles. The van der Waals surface area contributed by atoms with Gasteiger partial charge in [-0.1, -0.05) is 19.4 Å². The fourth-order valence-electron chi connectivity index (χ4n) is 4.86. The van der Waals surface area contributed by atoms with E-state index in [1.807, 2.05) is 6.92 Å². The summed E-state index contributed by atoms with van der Waals surface area (Å²) >= 11 is 0. The molecule has 3 rings (SSSR count). The molecule has 3 aliphatic rings. The fraction of sp³-hybridized carbons (Fsp3) is 0.867. The van der Waals surface area contributed by atoms with Gasteiger partial charge in [0.1, 0.15) is 0 Å². The van der Waals surface area contributed by atoms with Crippen molar-refractivity contribution >= 4 is 0 Å². The lowest BCUT2D eigenvalue weighted by Gasteiger charge is -2.57. The van der Waals surface area contributed by atoms with Crippen molar-refractivity contribution in [3.63, 3.8) is 0 Å². The molecule has 0 bridgehead atoms. The molecule has 3 aliphatic carbocycles. The van der Waals surface area contributed by atoms with Gasteiger partial charge >= 0.3 is 0 Å². The number of hydrogen-bond acceptors (Lipinski definition) is 4. The lowest BCUT2D eigenvalue weighted by Crippen LogP contribution is -2.57. The average Bonchev–Trinajstić information content (AvgIpc) is 2.76. The molecule has 0 aromatic rings. The van der Waals surface area contributed by atoms with Crippen LogP contribution >= 0.6 is 0 Å². The highest BCUT2D eigenvalue weighted by Gasteiger charge is 2.63. The van der Waals surface area contributed by atoms with Gasteiger partial charge in [0.15, 0.2) is 0 Å². The summed E-state index contributed by atoms with van der Waals surface area (Å²) in [6, 6.07) is 0. The molecule has 0 aliphatic heterocycles. The van der Waals surface area contributed by atoms with Crippen LogP contribution in [0.25, 0.3) is 0 Å². The molecule has 0 radical (unpaired) electrons. The number of aliphatic hydroxyl groups excluding tert-OH is 4. The molecule has 0 aromatic carbocycles. The van der Waals surface area contributed by atoms with E-state index < -0.39 is 6.10 Å². The largest absolute Gasteiger partial charge is 0.396 e. The first kappa shape index (κ1) is 13.6. The maximum absolute atomic E-state index is 10.5. The van der Waals surface area contributed by atoms with Crippen LogP contribution in [0.3, 0.4) is 0 Å². The Kier molecular flexibility index (Phi) is 2.88. The van der Waals surface area contributed by atoms with Gasteiger partial charge in [-0.3, -0.25) is 0 Å². The highest BCUT2D eigenvalue weighted by Crippen LogP contribution is 2.66. The SMILES string of the molecule is C[C@]1(CO)C[C@H]2[C@H](O)C(CO)=C3C[C@@H](O)[C@]3(C)[C@H]2C1. The van der Waals surface area contributed by atoms with Gasteiger partial charge in [0.05, 0.1) is 18.8 Å². The number of rotatable bonds is 2. The predicted molar refractivity (Wildman–Crippen MR) is 70.3 cm³/mol. The zero-order valence-corrected chi connectivity index (χ0v) is 11.6. The monoisotopic (exact) mass is 268 g/mol. The van der Waals surface area contributed by atoms with Gasteiger partial charge < -0.3 is 20.4 Å². The Morgan fingerprint density at radius 2 is 1.84 bits per heavy atom. The van der Waals surface area contributed by atoms with Crippen LogP contribution in [0.5, 0.6) is 0 Å². The van der Waals surface area contributed by atoms with Gasteiger partial charge in [-0.25, -0.2) is 0 Å². The van der Waals surface area contributed by atoms with E-state index in [2.05, 4.69) is 6.92 Å². The molecule has 4 heteroatoms. The summed E-state index contributed by atoms with van der Waals surface area (Å²) in [7, 11) is 0. The molecule has 0 saturated heterocycles. The van der Waals surface area contributed by atoms with Crippen LogP contribution in [0.2, 0.25) is 0 Å². The summed E-state index contributed by atoms with van der Waals surface area (Å²) in [5, 5.41) is 39.9. The van der Waals surface area contributed by atoms with E-state index in [1.165, 1.54) is 0 Å². The molecular weight excluding hydrogens is 244 g/mol. The van der Waals surface area contributed by atoms with Crippen LogP contribution in [0.1, 0.15) is 33.1 Å². The second-order valence-electron chi connectivity index (χ2n) is 7.26. The van der Waals surface area contributed by atoms with Crippen molar-refractivity contribution in [2.45, 2.75) is 45.3 Å². The Hall–Kier alpha value is -0.420. The normalized spacial score (nSPS) is 52.7. The maximum Gasteiger partial charge on any atom is 0.0806 e. The minimum Gasteiger partial charge on any atom is -0.396 e. The van der Waals surface area contributed by atoms with Crippen molar-refractivity contribution in [3.8, 4) is 0 Å². The van der Waals surface area contributed by atoms with Crippen molar-refractivity contribution in [1.82, 2.24) is 0 Å². The number of hydrogen-bond donors (Lipinski definition) is 4. The summed E-state index contributed by atoms with van der Waals surface area (Å²) in [5.74, 6) is 0.247. The van der Waals surface area contributed by atoms with Crippen molar-refractivity contribution in [3.05, 3.63) is 11.1 Å². The molecule has 4 nitrogen and oxygen atoms in total. The van der Waals surface area contributed by atoms with Crippen LogP contribution in [-0.4, -0.2) is 45.8 Å². The molecule has 2 saturated carbocycles. The highest BCUT2D eigenvalue weighted by molar-refractivity contribution is 5.40. The molecule has 4 N–H and O–H groups in total. The first-order valence-electron chi connectivity index (χ1n) is 7.17. The van der Waals surface area contributed by atoms with Crippen LogP contribution in [-0.2, 0) is 0 Å². The Balaban J connectivity index is 2.03. The van der Waals surface area contributed by atoms with Gasteiger partial charge in [0.2, 0.25) is 0 Å². The van der Waals surface area contributed by atoms with E-state index in [1.54, 1.807) is 0 Å². The summed E-state index contributed by atoms with van der Waals surface area (Å²) in [5.41, 5.74) is 1.29. The van der Waals surface area contributed by atoms with Crippen LogP contribution in [0, 0.1) is 22.7 Å². The standard InChI is InChI=1S/C15H24O4/c1-14(7-17)4-8-11(5-14)15(2)10(3-12(15)18)9(6-16)13(8)19/h8,11-13,16-19H,3-7H2,1-2H3/t8-,11+,12-,13+,14+,15+/m1/s1. The van der Waals surface area contributed by atoms with E-state index in [9.17, 15) is 20.4 Å². The molecule has 108 valence electrons. The summed E-state index contributed by atoms with van der Waals surface area (Å²) in [6.45, 7) is 4.09. The van der Waals surface area contributed by atoms with E-state index in [4.69, 9.17) is 0 Å².